The van der Waals surface area contributed by atoms with Crippen LogP contribution in [0.25, 0.3) is 0 Å². The zero-order chi connectivity index (χ0) is 14.4. The Morgan fingerprint density at radius 2 is 1.10 bits per heavy atom. The van der Waals surface area contributed by atoms with Gasteiger partial charge in [-0.3, -0.25) is 0 Å². The number of hydrogen-bond donors (Lipinski definition) is 1. The average Bonchev–Trinajstić information content (AvgIpc) is 2.49. The van der Waals surface area contributed by atoms with E-state index in [9.17, 15) is 0 Å². The van der Waals surface area contributed by atoms with E-state index in [1.165, 1.54) is 11.1 Å². The highest BCUT2D eigenvalue weighted by atomic mass is 31.1. The Morgan fingerprint density at radius 1 is 0.750 bits per heavy atom. The van der Waals surface area contributed by atoms with Crippen LogP contribution in [0.15, 0.2) is 48.5 Å². The van der Waals surface area contributed by atoms with E-state index >= 15 is 0 Å². The second-order valence-electron chi connectivity index (χ2n) is 4.43. The van der Waals surface area contributed by atoms with E-state index in [4.69, 9.17) is 14.2 Å². The van der Waals surface area contributed by atoms with Gasteiger partial charge in [0.05, 0.1) is 0 Å². The number of benzene rings is 2. The fourth-order valence-electron chi connectivity index (χ4n) is 1.78. The molecule has 2 rings (SSSR count). The molecule has 0 aliphatic carbocycles. The van der Waals surface area contributed by atoms with Gasteiger partial charge in [-0.2, -0.15) is 0 Å². The van der Waals surface area contributed by atoms with Gasteiger partial charge in [-0.15, -0.1) is 0 Å². The molecule has 0 saturated carbocycles. The topological polar surface area (TPSA) is 42.3 Å². The van der Waals surface area contributed by atoms with E-state index in [-0.39, 0.29) is 0 Å². The molecule has 104 valence electrons. The van der Waals surface area contributed by atoms with Crippen LogP contribution in [0, 0.1) is 5.16 Å². The molecule has 0 bridgehead atoms. The number of hydrogen-bond acceptors (Lipinski definition) is 3. The highest BCUT2D eigenvalue weighted by Crippen LogP contribution is 2.31. The molecule has 0 saturated heterocycles. The fraction of sp³-hybridized carbons (Fsp3) is 0.250. The number of nitrogens with one attached hydrogen (secondary N) is 1. The van der Waals surface area contributed by atoms with Crippen LogP contribution in [0.2, 0.25) is 0 Å². The molecule has 0 aliphatic rings. The Bertz CT molecular complexity index is 513. The highest BCUT2D eigenvalue weighted by molar-refractivity contribution is 7.35. The summed E-state index contributed by atoms with van der Waals surface area (Å²) in [5.41, 5.74) is 2.51. The third-order valence-corrected chi connectivity index (χ3v) is 3.79. The summed E-state index contributed by atoms with van der Waals surface area (Å²) in [6, 6.07) is 15.6. The predicted octanol–water partition coefficient (Wildman–Crippen LogP) is 5.34. The fourth-order valence-corrected chi connectivity index (χ4v) is 2.45. The second kappa shape index (κ2) is 7.06. The molecule has 0 unspecified atom stereocenters. The van der Waals surface area contributed by atoms with E-state index in [1.54, 1.807) is 0 Å². The summed E-state index contributed by atoms with van der Waals surface area (Å²) in [6.45, 7) is 4.21. The van der Waals surface area contributed by atoms with Crippen LogP contribution < -0.4 is 9.05 Å². The molecule has 2 aromatic carbocycles. The molecule has 3 nitrogen and oxygen atoms in total. The first-order valence-corrected chi connectivity index (χ1v) is 7.94. The van der Waals surface area contributed by atoms with Crippen molar-refractivity contribution >= 4 is 8.17 Å². The summed E-state index contributed by atoms with van der Waals surface area (Å²) < 4.78 is 11.0. The zero-order valence-electron chi connectivity index (χ0n) is 11.8. The number of aryl methyl sites for hydroxylation is 2. The summed E-state index contributed by atoms with van der Waals surface area (Å²) in [5, 5.41) is 7.86. The maximum Gasteiger partial charge on any atom is 0.664 e. The lowest BCUT2D eigenvalue weighted by Gasteiger charge is -1.99. The SMILES string of the molecule is CCc1ccc(O[P+](=N)Oc2ccc(CC)cc2)cc1. The molecule has 1 N–H and O–H groups in total. The van der Waals surface area contributed by atoms with Gasteiger partial charge in [0.2, 0.25) is 0 Å². The third kappa shape index (κ3) is 4.07. The van der Waals surface area contributed by atoms with E-state index in [0.29, 0.717) is 11.5 Å². The molecule has 0 atom stereocenters. The molecule has 0 aromatic heterocycles. The predicted molar refractivity (Wildman–Crippen MR) is 82.5 cm³/mol. The molecular formula is C16H19NO2P+. The van der Waals surface area contributed by atoms with Crippen LogP contribution in [0.1, 0.15) is 25.0 Å². The van der Waals surface area contributed by atoms with Crippen molar-refractivity contribution in [2.45, 2.75) is 26.7 Å². The quantitative estimate of drug-likeness (QED) is 0.729. The summed E-state index contributed by atoms with van der Waals surface area (Å²) in [5.74, 6) is 1.35. The molecule has 4 heteroatoms. The van der Waals surface area contributed by atoms with Crippen molar-refractivity contribution in [1.29, 1.82) is 5.16 Å². The van der Waals surface area contributed by atoms with Crippen molar-refractivity contribution in [2.24, 2.45) is 0 Å². The van der Waals surface area contributed by atoms with Gasteiger partial charge < -0.3 is 0 Å². The van der Waals surface area contributed by atoms with Gasteiger partial charge in [-0.25, -0.2) is 9.05 Å². The molecule has 0 heterocycles. The highest BCUT2D eigenvalue weighted by Gasteiger charge is 2.18. The van der Waals surface area contributed by atoms with Gasteiger partial charge in [-0.05, 0) is 53.4 Å². The molecule has 20 heavy (non-hydrogen) atoms. The van der Waals surface area contributed by atoms with Gasteiger partial charge in [-0.1, -0.05) is 38.1 Å². The first-order valence-electron chi connectivity index (χ1n) is 6.76. The lowest BCUT2D eigenvalue weighted by atomic mass is 10.2. The third-order valence-electron chi connectivity index (χ3n) is 3.04. The lowest BCUT2D eigenvalue weighted by Crippen LogP contribution is -1.89. The van der Waals surface area contributed by atoms with Crippen molar-refractivity contribution in [2.75, 3.05) is 0 Å². The molecule has 0 amide bonds. The van der Waals surface area contributed by atoms with Crippen LogP contribution in [0.5, 0.6) is 11.5 Å². The molecule has 0 aliphatic heterocycles. The summed E-state index contributed by atoms with van der Waals surface area (Å²) in [7, 11) is -1.71. The largest absolute Gasteiger partial charge is 0.664 e. The Hall–Kier alpha value is -1.86. The van der Waals surface area contributed by atoms with Crippen LogP contribution >= 0.6 is 8.17 Å². The van der Waals surface area contributed by atoms with E-state index in [0.717, 1.165) is 12.8 Å². The maximum atomic E-state index is 7.86. The van der Waals surface area contributed by atoms with Crippen LogP contribution in [0.3, 0.4) is 0 Å². The van der Waals surface area contributed by atoms with Crippen molar-refractivity contribution < 1.29 is 9.05 Å². The lowest BCUT2D eigenvalue weighted by molar-refractivity contribution is 0.499. The number of rotatable bonds is 6. The first-order chi connectivity index (χ1) is 9.71. The van der Waals surface area contributed by atoms with Crippen molar-refractivity contribution in [1.82, 2.24) is 0 Å². The Balaban J connectivity index is 1.93. The summed E-state index contributed by atoms with van der Waals surface area (Å²) >= 11 is 0. The second-order valence-corrected chi connectivity index (χ2v) is 5.31. The smallest absolute Gasteiger partial charge is 0.236 e. The van der Waals surface area contributed by atoms with Gasteiger partial charge >= 0.3 is 8.17 Å². The Labute approximate surface area is 121 Å². The molecule has 2 aromatic rings. The first kappa shape index (κ1) is 14.5. The molecule has 0 fully saturated rings. The summed E-state index contributed by atoms with van der Waals surface area (Å²) in [4.78, 5) is 0. The summed E-state index contributed by atoms with van der Waals surface area (Å²) in [6.07, 6.45) is 1.99. The van der Waals surface area contributed by atoms with Crippen molar-refractivity contribution in [3.05, 3.63) is 59.7 Å². The van der Waals surface area contributed by atoms with Gasteiger partial charge in [0.15, 0.2) is 11.5 Å². The monoisotopic (exact) mass is 288 g/mol. The van der Waals surface area contributed by atoms with Gasteiger partial charge in [0, 0.05) is 0 Å². The maximum absolute atomic E-state index is 7.86. The van der Waals surface area contributed by atoms with E-state index in [2.05, 4.69) is 13.8 Å². The minimum atomic E-state index is -1.71. The zero-order valence-corrected chi connectivity index (χ0v) is 12.7. The Morgan fingerprint density at radius 3 is 1.40 bits per heavy atom. The molecular weight excluding hydrogens is 269 g/mol. The van der Waals surface area contributed by atoms with Gasteiger partial charge in [0.1, 0.15) is 0 Å². The van der Waals surface area contributed by atoms with Gasteiger partial charge in [0.25, 0.3) is 0 Å². The van der Waals surface area contributed by atoms with Crippen molar-refractivity contribution in [3.63, 3.8) is 0 Å². The molecule has 0 spiro atoms. The normalized spacial score (nSPS) is 10.1. The van der Waals surface area contributed by atoms with E-state index < -0.39 is 8.17 Å². The standard InChI is InChI=1S/C16H19NO2P/c1-3-13-5-9-15(10-6-13)18-20(17)19-16-11-7-14(4-2)8-12-16/h5-12,17H,3-4H2,1-2H3/q+1. The average molecular weight is 288 g/mol. The van der Waals surface area contributed by atoms with Crippen molar-refractivity contribution in [3.8, 4) is 11.5 Å². The Kier molecular flexibility index (Phi) is 5.14. The van der Waals surface area contributed by atoms with Crippen LogP contribution in [-0.4, -0.2) is 0 Å². The van der Waals surface area contributed by atoms with E-state index in [1.807, 2.05) is 48.5 Å². The van der Waals surface area contributed by atoms with Crippen LogP contribution in [-0.2, 0) is 12.8 Å². The van der Waals surface area contributed by atoms with Crippen LogP contribution in [0.4, 0.5) is 0 Å². The minimum absolute atomic E-state index is 0.675. The molecule has 0 radical (unpaired) electrons. The minimum Gasteiger partial charge on any atom is -0.236 e.